The molecule has 0 spiro atoms. The first-order valence-corrected chi connectivity index (χ1v) is 4.57. The topological polar surface area (TPSA) is 36.3 Å². The van der Waals surface area contributed by atoms with Gasteiger partial charge < -0.3 is 9.47 Å². The standard InChI is InChI=1S/C9H16N2O2/c1-3-12-9(13-4-2)8-11-7-5-6-10-11/h5-7,9H,3-4,8H2,1-2H3. The molecule has 1 heterocycles. The zero-order chi connectivity index (χ0) is 9.52. The minimum Gasteiger partial charge on any atom is -0.351 e. The summed E-state index contributed by atoms with van der Waals surface area (Å²) < 4.78 is 12.5. The van der Waals surface area contributed by atoms with Crippen molar-refractivity contribution in [3.8, 4) is 0 Å². The van der Waals surface area contributed by atoms with Crippen molar-refractivity contribution in [2.75, 3.05) is 13.2 Å². The molecule has 0 radical (unpaired) electrons. The van der Waals surface area contributed by atoms with Gasteiger partial charge in [-0.05, 0) is 19.9 Å². The summed E-state index contributed by atoms with van der Waals surface area (Å²) in [4.78, 5) is 0. The Morgan fingerprint density at radius 3 is 2.46 bits per heavy atom. The molecule has 0 N–H and O–H groups in total. The smallest absolute Gasteiger partial charge is 0.176 e. The lowest BCUT2D eigenvalue weighted by molar-refractivity contribution is -0.144. The van der Waals surface area contributed by atoms with E-state index < -0.39 is 0 Å². The summed E-state index contributed by atoms with van der Waals surface area (Å²) in [7, 11) is 0. The van der Waals surface area contributed by atoms with Crippen LogP contribution in [0.15, 0.2) is 18.5 Å². The van der Waals surface area contributed by atoms with Crippen LogP contribution < -0.4 is 0 Å². The summed E-state index contributed by atoms with van der Waals surface area (Å²) in [6.07, 6.45) is 3.45. The highest BCUT2D eigenvalue weighted by molar-refractivity contribution is 4.77. The van der Waals surface area contributed by atoms with Crippen LogP contribution in [0.1, 0.15) is 13.8 Å². The quantitative estimate of drug-likeness (QED) is 0.625. The largest absolute Gasteiger partial charge is 0.351 e. The van der Waals surface area contributed by atoms with Crippen molar-refractivity contribution in [3.63, 3.8) is 0 Å². The Labute approximate surface area is 78.5 Å². The highest BCUT2D eigenvalue weighted by Gasteiger charge is 2.07. The fraction of sp³-hybridized carbons (Fsp3) is 0.667. The lowest BCUT2D eigenvalue weighted by atomic mass is 10.6. The Bertz CT molecular complexity index is 205. The molecule has 0 unspecified atom stereocenters. The number of ether oxygens (including phenoxy) is 2. The van der Waals surface area contributed by atoms with Gasteiger partial charge >= 0.3 is 0 Å². The Balaban J connectivity index is 2.37. The fourth-order valence-electron chi connectivity index (χ4n) is 1.09. The van der Waals surface area contributed by atoms with Gasteiger partial charge in [0.15, 0.2) is 6.29 Å². The zero-order valence-electron chi connectivity index (χ0n) is 8.14. The second-order valence-corrected chi connectivity index (χ2v) is 2.57. The molecule has 1 aromatic rings. The van der Waals surface area contributed by atoms with E-state index in [-0.39, 0.29) is 6.29 Å². The van der Waals surface area contributed by atoms with E-state index in [1.807, 2.05) is 26.1 Å². The Kier molecular flexibility index (Phi) is 4.49. The summed E-state index contributed by atoms with van der Waals surface area (Å²) in [5, 5.41) is 4.08. The molecule has 0 aliphatic carbocycles. The van der Waals surface area contributed by atoms with Gasteiger partial charge in [0.2, 0.25) is 0 Å². The van der Waals surface area contributed by atoms with Gasteiger partial charge in [0, 0.05) is 25.6 Å². The van der Waals surface area contributed by atoms with Crippen molar-refractivity contribution in [1.82, 2.24) is 9.78 Å². The van der Waals surface area contributed by atoms with Gasteiger partial charge in [-0.2, -0.15) is 5.10 Å². The SMILES string of the molecule is CCOC(Cn1cccn1)OCC. The van der Waals surface area contributed by atoms with Crippen molar-refractivity contribution in [2.24, 2.45) is 0 Å². The normalized spacial score (nSPS) is 11.0. The van der Waals surface area contributed by atoms with E-state index in [0.29, 0.717) is 19.8 Å². The molecule has 4 heteroatoms. The molecule has 0 amide bonds. The van der Waals surface area contributed by atoms with E-state index in [2.05, 4.69) is 5.10 Å². The van der Waals surface area contributed by atoms with Crippen molar-refractivity contribution in [2.45, 2.75) is 26.7 Å². The second kappa shape index (κ2) is 5.72. The van der Waals surface area contributed by atoms with E-state index >= 15 is 0 Å². The molecule has 4 nitrogen and oxygen atoms in total. The molecule has 0 aliphatic rings. The van der Waals surface area contributed by atoms with Crippen molar-refractivity contribution in [1.29, 1.82) is 0 Å². The number of hydrogen-bond acceptors (Lipinski definition) is 3. The zero-order valence-corrected chi connectivity index (χ0v) is 8.14. The predicted molar refractivity (Wildman–Crippen MR) is 49.3 cm³/mol. The maximum absolute atomic E-state index is 5.37. The van der Waals surface area contributed by atoms with E-state index in [0.717, 1.165) is 0 Å². The van der Waals surface area contributed by atoms with Crippen LogP contribution in [0.4, 0.5) is 0 Å². The van der Waals surface area contributed by atoms with Crippen LogP contribution in [0, 0.1) is 0 Å². The third kappa shape index (κ3) is 3.57. The van der Waals surface area contributed by atoms with E-state index in [9.17, 15) is 0 Å². The van der Waals surface area contributed by atoms with Crippen LogP contribution in [-0.4, -0.2) is 29.3 Å². The minimum absolute atomic E-state index is 0.185. The van der Waals surface area contributed by atoms with Crippen LogP contribution in [0.5, 0.6) is 0 Å². The average molecular weight is 184 g/mol. The minimum atomic E-state index is -0.185. The van der Waals surface area contributed by atoms with E-state index in [4.69, 9.17) is 9.47 Å². The van der Waals surface area contributed by atoms with Crippen molar-refractivity contribution >= 4 is 0 Å². The van der Waals surface area contributed by atoms with E-state index in [1.165, 1.54) is 0 Å². The first kappa shape index (κ1) is 10.2. The Hall–Kier alpha value is -0.870. The molecule has 13 heavy (non-hydrogen) atoms. The van der Waals surface area contributed by atoms with Crippen LogP contribution in [-0.2, 0) is 16.0 Å². The molecule has 0 aliphatic heterocycles. The van der Waals surface area contributed by atoms with Gasteiger partial charge in [0.25, 0.3) is 0 Å². The Morgan fingerprint density at radius 2 is 2.00 bits per heavy atom. The van der Waals surface area contributed by atoms with Crippen molar-refractivity contribution < 1.29 is 9.47 Å². The highest BCUT2D eigenvalue weighted by atomic mass is 16.7. The summed E-state index contributed by atoms with van der Waals surface area (Å²) in [6, 6.07) is 1.88. The number of aromatic nitrogens is 2. The number of rotatable bonds is 6. The van der Waals surface area contributed by atoms with Crippen LogP contribution >= 0.6 is 0 Å². The van der Waals surface area contributed by atoms with Gasteiger partial charge in [-0.1, -0.05) is 0 Å². The van der Waals surface area contributed by atoms with Crippen LogP contribution in [0.3, 0.4) is 0 Å². The van der Waals surface area contributed by atoms with Crippen LogP contribution in [0.25, 0.3) is 0 Å². The summed E-state index contributed by atoms with van der Waals surface area (Å²) in [6.45, 7) is 5.87. The highest BCUT2D eigenvalue weighted by Crippen LogP contribution is 1.98. The third-order valence-corrected chi connectivity index (χ3v) is 1.60. The first-order chi connectivity index (χ1) is 6.36. The first-order valence-electron chi connectivity index (χ1n) is 4.57. The molecule has 0 aromatic carbocycles. The second-order valence-electron chi connectivity index (χ2n) is 2.57. The molecular formula is C9H16N2O2. The molecule has 0 atom stereocenters. The fourth-order valence-corrected chi connectivity index (χ4v) is 1.09. The predicted octanol–water partition coefficient (Wildman–Crippen LogP) is 1.28. The van der Waals surface area contributed by atoms with Gasteiger partial charge in [0.05, 0.1) is 6.54 Å². The third-order valence-electron chi connectivity index (χ3n) is 1.60. The molecule has 0 saturated carbocycles. The lowest BCUT2D eigenvalue weighted by Gasteiger charge is -2.16. The lowest BCUT2D eigenvalue weighted by Crippen LogP contribution is -2.23. The summed E-state index contributed by atoms with van der Waals surface area (Å²) in [5.41, 5.74) is 0. The van der Waals surface area contributed by atoms with Crippen LogP contribution in [0.2, 0.25) is 0 Å². The summed E-state index contributed by atoms with van der Waals surface area (Å²) in [5.74, 6) is 0. The number of hydrogen-bond donors (Lipinski definition) is 0. The molecular weight excluding hydrogens is 168 g/mol. The maximum Gasteiger partial charge on any atom is 0.176 e. The molecule has 0 fully saturated rings. The van der Waals surface area contributed by atoms with Gasteiger partial charge in [0.1, 0.15) is 0 Å². The Morgan fingerprint density at radius 1 is 1.31 bits per heavy atom. The molecule has 74 valence electrons. The molecule has 1 rings (SSSR count). The molecule has 0 saturated heterocycles. The number of nitrogens with zero attached hydrogens (tertiary/aromatic N) is 2. The van der Waals surface area contributed by atoms with E-state index in [1.54, 1.807) is 10.9 Å². The summed E-state index contributed by atoms with van der Waals surface area (Å²) >= 11 is 0. The average Bonchev–Trinajstić information content (AvgIpc) is 2.58. The van der Waals surface area contributed by atoms with Gasteiger partial charge in [-0.3, -0.25) is 4.68 Å². The molecule has 0 bridgehead atoms. The van der Waals surface area contributed by atoms with Gasteiger partial charge in [-0.15, -0.1) is 0 Å². The molecule has 1 aromatic heterocycles. The van der Waals surface area contributed by atoms with Gasteiger partial charge in [-0.25, -0.2) is 0 Å². The monoisotopic (exact) mass is 184 g/mol. The maximum atomic E-state index is 5.37. The van der Waals surface area contributed by atoms with Crippen molar-refractivity contribution in [3.05, 3.63) is 18.5 Å².